The number of benzene rings is 1. The largest absolute Gasteiger partial charge is 0.380 e. The van der Waals surface area contributed by atoms with Crippen LogP contribution in [-0.2, 0) is 11.2 Å². The average molecular weight is 235 g/mol. The molecule has 0 aliphatic rings. The van der Waals surface area contributed by atoms with Gasteiger partial charge in [-0.15, -0.1) is 0 Å². The summed E-state index contributed by atoms with van der Waals surface area (Å²) in [6, 6.07) is 9.12. The third-order valence-corrected chi connectivity index (χ3v) is 3.16. The van der Waals surface area contributed by atoms with E-state index < -0.39 is 0 Å². The third-order valence-electron chi connectivity index (χ3n) is 3.16. The Labute approximate surface area is 105 Å². The molecule has 1 aromatic rings. The van der Waals surface area contributed by atoms with Gasteiger partial charge in [0.25, 0.3) is 0 Å². The molecule has 0 aromatic heterocycles. The molecule has 1 N–H and O–H groups in total. The van der Waals surface area contributed by atoms with E-state index in [0.29, 0.717) is 6.04 Å². The summed E-state index contributed by atoms with van der Waals surface area (Å²) >= 11 is 0. The number of likely N-dealkylation sites (N-methyl/N-ethyl adjacent to an activating group) is 1. The van der Waals surface area contributed by atoms with Crippen molar-refractivity contribution in [3.63, 3.8) is 0 Å². The molecule has 17 heavy (non-hydrogen) atoms. The van der Waals surface area contributed by atoms with Crippen LogP contribution in [-0.4, -0.2) is 25.8 Å². The first-order valence-electron chi connectivity index (χ1n) is 6.53. The molecule has 0 heterocycles. The Balaban J connectivity index is 2.71. The van der Waals surface area contributed by atoms with Crippen LogP contribution in [0.3, 0.4) is 0 Å². The zero-order chi connectivity index (χ0) is 12.7. The highest BCUT2D eigenvalue weighted by atomic mass is 16.5. The number of methoxy groups -OCH3 is 1. The average Bonchev–Trinajstić information content (AvgIpc) is 2.31. The third kappa shape index (κ3) is 4.49. The summed E-state index contributed by atoms with van der Waals surface area (Å²) in [5.74, 6) is 0. The maximum Gasteiger partial charge on any atom is 0.0724 e. The van der Waals surface area contributed by atoms with Crippen LogP contribution >= 0.6 is 0 Å². The summed E-state index contributed by atoms with van der Waals surface area (Å²) < 4.78 is 5.55. The van der Waals surface area contributed by atoms with Gasteiger partial charge >= 0.3 is 0 Å². The highest BCUT2D eigenvalue weighted by Crippen LogP contribution is 2.12. The van der Waals surface area contributed by atoms with Crippen LogP contribution in [0, 0.1) is 6.92 Å². The quantitative estimate of drug-likeness (QED) is 0.784. The maximum absolute atomic E-state index is 5.55. The summed E-state index contributed by atoms with van der Waals surface area (Å²) in [7, 11) is 1.80. The highest BCUT2D eigenvalue weighted by molar-refractivity contribution is 5.23. The minimum Gasteiger partial charge on any atom is -0.380 e. The van der Waals surface area contributed by atoms with Gasteiger partial charge in [0.1, 0.15) is 0 Å². The smallest absolute Gasteiger partial charge is 0.0724 e. The monoisotopic (exact) mass is 235 g/mol. The summed E-state index contributed by atoms with van der Waals surface area (Å²) in [6.45, 7) is 7.44. The van der Waals surface area contributed by atoms with Gasteiger partial charge in [-0.3, -0.25) is 0 Å². The summed E-state index contributed by atoms with van der Waals surface area (Å²) in [6.07, 6.45) is 2.36. The Bertz CT molecular complexity index is 320. The van der Waals surface area contributed by atoms with Crippen LogP contribution in [0.5, 0.6) is 0 Å². The Morgan fingerprint density at radius 2 is 2.06 bits per heavy atom. The first-order valence-corrected chi connectivity index (χ1v) is 6.53. The van der Waals surface area contributed by atoms with E-state index in [4.69, 9.17) is 4.74 Å². The lowest BCUT2D eigenvalue weighted by molar-refractivity contribution is 0.0658. The number of rotatable bonds is 7. The molecule has 2 heteroatoms. The van der Waals surface area contributed by atoms with Crippen LogP contribution in [0.1, 0.15) is 31.4 Å². The van der Waals surface area contributed by atoms with Gasteiger partial charge < -0.3 is 10.1 Å². The van der Waals surface area contributed by atoms with Gasteiger partial charge in [0.2, 0.25) is 0 Å². The Morgan fingerprint density at radius 1 is 1.29 bits per heavy atom. The van der Waals surface area contributed by atoms with Crippen molar-refractivity contribution < 1.29 is 4.74 Å². The van der Waals surface area contributed by atoms with Gasteiger partial charge in [-0.05, 0) is 31.9 Å². The highest BCUT2D eigenvalue weighted by Gasteiger charge is 2.18. The second-order valence-electron chi connectivity index (χ2n) is 4.54. The molecule has 96 valence electrons. The van der Waals surface area contributed by atoms with Crippen LogP contribution in [0.15, 0.2) is 24.3 Å². The normalized spacial score (nSPS) is 14.6. The topological polar surface area (TPSA) is 21.3 Å². The van der Waals surface area contributed by atoms with Crippen LogP contribution < -0.4 is 5.32 Å². The first kappa shape index (κ1) is 14.2. The molecule has 2 unspecified atom stereocenters. The molecule has 0 aliphatic carbocycles. The maximum atomic E-state index is 5.55. The molecule has 1 aromatic carbocycles. The fourth-order valence-electron chi connectivity index (χ4n) is 2.31. The summed E-state index contributed by atoms with van der Waals surface area (Å²) in [4.78, 5) is 0. The van der Waals surface area contributed by atoms with Gasteiger partial charge in [-0.2, -0.15) is 0 Å². The predicted octanol–water partition coefficient (Wildman–Crippen LogP) is 2.94. The molecule has 0 bridgehead atoms. The van der Waals surface area contributed by atoms with E-state index in [2.05, 4.69) is 50.4 Å². The number of nitrogens with one attached hydrogen (secondary N) is 1. The van der Waals surface area contributed by atoms with Gasteiger partial charge in [0.15, 0.2) is 0 Å². The van der Waals surface area contributed by atoms with Gasteiger partial charge in [-0.1, -0.05) is 43.7 Å². The van der Waals surface area contributed by atoms with E-state index in [1.165, 1.54) is 11.1 Å². The molecule has 2 atom stereocenters. The van der Waals surface area contributed by atoms with E-state index in [-0.39, 0.29) is 6.10 Å². The van der Waals surface area contributed by atoms with Crippen LogP contribution in [0.2, 0.25) is 0 Å². The van der Waals surface area contributed by atoms with E-state index in [0.717, 1.165) is 19.4 Å². The van der Waals surface area contributed by atoms with Crippen LogP contribution in [0.4, 0.5) is 0 Å². The molecule has 0 saturated carbocycles. The number of hydrogen-bond donors (Lipinski definition) is 1. The molecule has 0 aliphatic heterocycles. The minimum atomic E-state index is 0.287. The van der Waals surface area contributed by atoms with Crippen molar-refractivity contribution in [3.8, 4) is 0 Å². The Morgan fingerprint density at radius 3 is 2.59 bits per heavy atom. The number of hydrogen-bond acceptors (Lipinski definition) is 2. The summed E-state index contributed by atoms with van der Waals surface area (Å²) in [5, 5.41) is 3.53. The van der Waals surface area contributed by atoms with E-state index in [9.17, 15) is 0 Å². The lowest BCUT2D eigenvalue weighted by atomic mass is 9.98. The second kappa shape index (κ2) is 7.46. The van der Waals surface area contributed by atoms with Gasteiger partial charge in [-0.25, -0.2) is 0 Å². The fraction of sp³-hybridized carbons (Fsp3) is 0.600. The molecular formula is C15H25NO. The van der Waals surface area contributed by atoms with Gasteiger partial charge in [0.05, 0.1) is 6.10 Å². The molecule has 0 radical (unpaired) electrons. The minimum absolute atomic E-state index is 0.287. The lowest BCUT2D eigenvalue weighted by Gasteiger charge is -2.26. The molecule has 1 rings (SSSR count). The summed E-state index contributed by atoms with van der Waals surface area (Å²) in [5.41, 5.74) is 2.70. The van der Waals surface area contributed by atoms with Crippen molar-refractivity contribution in [3.05, 3.63) is 35.4 Å². The van der Waals surface area contributed by atoms with E-state index in [1.54, 1.807) is 7.11 Å². The van der Waals surface area contributed by atoms with Crippen molar-refractivity contribution in [2.75, 3.05) is 13.7 Å². The predicted molar refractivity (Wildman–Crippen MR) is 73.4 cm³/mol. The number of aryl methyl sites for hydroxylation is 1. The molecule has 0 amide bonds. The van der Waals surface area contributed by atoms with Crippen molar-refractivity contribution in [1.82, 2.24) is 5.32 Å². The standard InChI is InChI=1S/C15H25NO/c1-5-15(17-4)14(16-6-2)11-13-9-7-8-12(3)10-13/h7-10,14-16H,5-6,11H2,1-4H3. The second-order valence-corrected chi connectivity index (χ2v) is 4.54. The molecular weight excluding hydrogens is 210 g/mol. The van der Waals surface area contributed by atoms with Gasteiger partial charge in [0, 0.05) is 13.2 Å². The van der Waals surface area contributed by atoms with Crippen molar-refractivity contribution in [2.45, 2.75) is 45.8 Å². The molecule has 0 fully saturated rings. The zero-order valence-corrected chi connectivity index (χ0v) is 11.5. The lowest BCUT2D eigenvalue weighted by Crippen LogP contribution is -2.42. The van der Waals surface area contributed by atoms with Crippen molar-refractivity contribution in [2.24, 2.45) is 0 Å². The first-order chi connectivity index (χ1) is 8.21. The molecule has 0 spiro atoms. The molecule has 2 nitrogen and oxygen atoms in total. The zero-order valence-electron chi connectivity index (χ0n) is 11.5. The SMILES string of the molecule is CCNC(Cc1cccc(C)c1)C(CC)OC. The Hall–Kier alpha value is -0.860. The Kier molecular flexibility index (Phi) is 6.23. The van der Waals surface area contributed by atoms with E-state index >= 15 is 0 Å². The van der Waals surface area contributed by atoms with Crippen LogP contribution in [0.25, 0.3) is 0 Å². The van der Waals surface area contributed by atoms with E-state index in [1.807, 2.05) is 0 Å². The van der Waals surface area contributed by atoms with Crippen molar-refractivity contribution in [1.29, 1.82) is 0 Å². The number of ether oxygens (including phenoxy) is 1. The fourth-order valence-corrected chi connectivity index (χ4v) is 2.31. The van der Waals surface area contributed by atoms with Crippen molar-refractivity contribution >= 4 is 0 Å². The molecule has 0 saturated heterocycles.